The van der Waals surface area contributed by atoms with Gasteiger partial charge in [-0.1, -0.05) is 17.8 Å². The number of amides is 1. The first-order chi connectivity index (χ1) is 15.3. The minimum Gasteiger partial charge on any atom is -0.497 e. The van der Waals surface area contributed by atoms with Crippen LogP contribution in [0.2, 0.25) is 0 Å². The maximum atomic E-state index is 13.3. The number of carbonyl (C=O) groups is 1. The Balaban J connectivity index is 1.68. The minimum atomic E-state index is -0.144. The molecule has 0 aliphatic rings. The average Bonchev–Trinajstić information content (AvgIpc) is 3.06. The number of fused-ring (bicyclic) bond motifs is 3. The van der Waals surface area contributed by atoms with Crippen molar-refractivity contribution < 1.29 is 9.53 Å². The molecule has 2 aromatic heterocycles. The van der Waals surface area contributed by atoms with Crippen LogP contribution in [-0.4, -0.2) is 32.9 Å². The second-order valence-electron chi connectivity index (χ2n) is 7.72. The van der Waals surface area contributed by atoms with Gasteiger partial charge in [-0.05, 0) is 62.2 Å². The van der Waals surface area contributed by atoms with Crippen LogP contribution in [0.4, 0.5) is 5.69 Å². The van der Waals surface area contributed by atoms with Gasteiger partial charge in [0.05, 0.1) is 18.4 Å². The minimum absolute atomic E-state index is 0.118. The predicted octanol–water partition coefficient (Wildman–Crippen LogP) is 4.26. The lowest BCUT2D eigenvalue weighted by atomic mass is 10.1. The molecule has 1 N–H and O–H groups in total. The van der Waals surface area contributed by atoms with Gasteiger partial charge in [0, 0.05) is 24.7 Å². The van der Waals surface area contributed by atoms with Gasteiger partial charge < -0.3 is 14.6 Å². The number of thioether (sulfide) groups is 1. The van der Waals surface area contributed by atoms with Crippen LogP contribution in [0, 0.1) is 13.8 Å². The molecule has 0 saturated carbocycles. The lowest BCUT2D eigenvalue weighted by molar-refractivity contribution is -0.113. The number of rotatable bonds is 6. The van der Waals surface area contributed by atoms with Crippen molar-refractivity contribution in [2.24, 2.45) is 7.05 Å². The molecular formula is C24H26N4O3S. The van der Waals surface area contributed by atoms with Crippen LogP contribution in [0.25, 0.3) is 21.9 Å². The molecule has 0 bridgehead atoms. The molecule has 0 aliphatic heterocycles. The van der Waals surface area contributed by atoms with Gasteiger partial charge in [0.1, 0.15) is 16.8 Å². The molecule has 0 radical (unpaired) electrons. The molecule has 2 aromatic carbocycles. The highest BCUT2D eigenvalue weighted by atomic mass is 32.2. The Bertz CT molecular complexity index is 1400. The molecule has 0 spiro atoms. The summed E-state index contributed by atoms with van der Waals surface area (Å²) < 4.78 is 8.84. The lowest BCUT2D eigenvalue weighted by Crippen LogP contribution is -2.24. The van der Waals surface area contributed by atoms with E-state index in [1.807, 2.05) is 68.8 Å². The van der Waals surface area contributed by atoms with Crippen molar-refractivity contribution in [2.45, 2.75) is 32.5 Å². The monoisotopic (exact) mass is 450 g/mol. The molecule has 7 nitrogen and oxygen atoms in total. The van der Waals surface area contributed by atoms with Crippen LogP contribution in [0.5, 0.6) is 5.75 Å². The van der Waals surface area contributed by atoms with Gasteiger partial charge in [-0.25, -0.2) is 4.98 Å². The van der Waals surface area contributed by atoms with Crippen LogP contribution >= 0.6 is 11.8 Å². The summed E-state index contributed by atoms with van der Waals surface area (Å²) in [6.07, 6.45) is 0. The highest BCUT2D eigenvalue weighted by Crippen LogP contribution is 2.30. The summed E-state index contributed by atoms with van der Waals surface area (Å²) in [7, 11) is 3.48. The van der Waals surface area contributed by atoms with Crippen molar-refractivity contribution in [2.75, 3.05) is 18.2 Å². The molecule has 0 fully saturated rings. The number of hydrogen-bond acceptors (Lipinski definition) is 5. The van der Waals surface area contributed by atoms with Crippen molar-refractivity contribution in [1.29, 1.82) is 0 Å². The van der Waals surface area contributed by atoms with Crippen molar-refractivity contribution in [1.82, 2.24) is 14.1 Å². The zero-order chi connectivity index (χ0) is 23.0. The van der Waals surface area contributed by atoms with E-state index in [1.54, 1.807) is 11.7 Å². The number of ether oxygens (including phenoxy) is 1. The fourth-order valence-electron chi connectivity index (χ4n) is 3.80. The van der Waals surface area contributed by atoms with Gasteiger partial charge in [-0.15, -0.1) is 0 Å². The summed E-state index contributed by atoms with van der Waals surface area (Å²) in [5.41, 5.74) is 5.00. The van der Waals surface area contributed by atoms with Gasteiger partial charge in [0.2, 0.25) is 5.91 Å². The number of hydrogen-bond donors (Lipinski definition) is 1. The maximum absolute atomic E-state index is 13.3. The average molecular weight is 451 g/mol. The number of nitrogens with one attached hydrogen (secondary N) is 1. The third kappa shape index (κ3) is 3.86. The van der Waals surface area contributed by atoms with Crippen LogP contribution in [0.3, 0.4) is 0 Å². The highest BCUT2D eigenvalue weighted by molar-refractivity contribution is 7.99. The number of aryl methyl sites for hydroxylation is 3. The molecule has 2 heterocycles. The topological polar surface area (TPSA) is 78.2 Å². The zero-order valence-corrected chi connectivity index (χ0v) is 19.7. The number of nitrogens with zero attached hydrogens (tertiary/aromatic N) is 3. The Labute approximate surface area is 190 Å². The molecular weight excluding hydrogens is 424 g/mol. The molecule has 0 atom stereocenters. The summed E-state index contributed by atoms with van der Waals surface area (Å²) in [5.74, 6) is 0.710. The molecule has 0 saturated heterocycles. The number of anilines is 1. The SMILES string of the molecule is CCn1c(SCC(=O)Nc2ccc(C)c(C)c2)nc2c3cc(OC)ccc3n(C)c2c1=O. The second-order valence-corrected chi connectivity index (χ2v) is 8.66. The fraction of sp³-hybridized carbons (Fsp3) is 0.292. The number of aromatic nitrogens is 3. The Hall–Kier alpha value is -3.26. The van der Waals surface area contributed by atoms with Crippen molar-refractivity contribution in [3.8, 4) is 5.75 Å². The van der Waals surface area contributed by atoms with Crippen molar-refractivity contribution in [3.05, 3.63) is 57.9 Å². The van der Waals surface area contributed by atoms with Gasteiger partial charge in [-0.2, -0.15) is 0 Å². The van der Waals surface area contributed by atoms with Gasteiger partial charge in [0.15, 0.2) is 5.16 Å². The lowest BCUT2D eigenvalue weighted by Gasteiger charge is -2.11. The van der Waals surface area contributed by atoms with E-state index < -0.39 is 0 Å². The summed E-state index contributed by atoms with van der Waals surface area (Å²) in [6, 6.07) is 11.5. The Morgan fingerprint density at radius 2 is 1.94 bits per heavy atom. The van der Waals surface area contributed by atoms with Gasteiger partial charge >= 0.3 is 0 Å². The molecule has 32 heavy (non-hydrogen) atoms. The Kier molecular flexibility index (Phi) is 5.97. The van der Waals surface area contributed by atoms with Gasteiger partial charge in [-0.3, -0.25) is 14.2 Å². The molecule has 0 aliphatic carbocycles. The predicted molar refractivity (Wildman–Crippen MR) is 130 cm³/mol. The molecule has 1 amide bonds. The maximum Gasteiger partial charge on any atom is 0.278 e. The van der Waals surface area contributed by atoms with Crippen molar-refractivity contribution in [3.63, 3.8) is 0 Å². The molecule has 0 unspecified atom stereocenters. The van der Waals surface area contributed by atoms with Crippen molar-refractivity contribution >= 4 is 45.3 Å². The summed E-state index contributed by atoms with van der Waals surface area (Å²) in [4.78, 5) is 30.7. The van der Waals surface area contributed by atoms with E-state index in [-0.39, 0.29) is 17.2 Å². The van der Waals surface area contributed by atoms with E-state index in [2.05, 4.69) is 5.32 Å². The largest absolute Gasteiger partial charge is 0.497 e. The smallest absolute Gasteiger partial charge is 0.278 e. The number of benzene rings is 2. The second kappa shape index (κ2) is 8.70. The summed E-state index contributed by atoms with van der Waals surface area (Å²) >= 11 is 1.26. The van der Waals surface area contributed by atoms with E-state index in [0.29, 0.717) is 28.5 Å². The molecule has 4 aromatic rings. The first-order valence-corrected chi connectivity index (χ1v) is 11.4. The first-order valence-electron chi connectivity index (χ1n) is 10.4. The molecule has 166 valence electrons. The highest BCUT2D eigenvalue weighted by Gasteiger charge is 2.19. The van der Waals surface area contributed by atoms with Crippen LogP contribution in [0.1, 0.15) is 18.1 Å². The van der Waals surface area contributed by atoms with E-state index in [9.17, 15) is 9.59 Å². The Morgan fingerprint density at radius 3 is 2.62 bits per heavy atom. The molecule has 8 heteroatoms. The van der Waals surface area contributed by atoms with E-state index in [0.717, 1.165) is 22.2 Å². The van der Waals surface area contributed by atoms with E-state index >= 15 is 0 Å². The first kappa shape index (κ1) is 22.0. The fourth-order valence-corrected chi connectivity index (χ4v) is 4.65. The molecule has 4 rings (SSSR count). The van der Waals surface area contributed by atoms with Crippen LogP contribution in [0.15, 0.2) is 46.3 Å². The van der Waals surface area contributed by atoms with Gasteiger partial charge in [0.25, 0.3) is 5.56 Å². The summed E-state index contributed by atoms with van der Waals surface area (Å²) in [5, 5.41) is 4.30. The Morgan fingerprint density at radius 1 is 1.16 bits per heavy atom. The third-order valence-electron chi connectivity index (χ3n) is 5.71. The quantitative estimate of drug-likeness (QED) is 0.351. The van der Waals surface area contributed by atoms with Crippen LogP contribution < -0.4 is 15.6 Å². The third-order valence-corrected chi connectivity index (χ3v) is 6.68. The van der Waals surface area contributed by atoms with E-state index in [1.165, 1.54) is 17.3 Å². The number of methoxy groups -OCH3 is 1. The van der Waals surface area contributed by atoms with E-state index in [4.69, 9.17) is 9.72 Å². The number of carbonyl (C=O) groups excluding carboxylic acids is 1. The zero-order valence-electron chi connectivity index (χ0n) is 18.9. The summed E-state index contributed by atoms with van der Waals surface area (Å²) in [6.45, 7) is 6.41. The normalized spacial score (nSPS) is 11.3. The standard InChI is InChI=1S/C24H26N4O3S/c1-6-28-23(30)22-21(18-12-17(31-5)9-10-19(18)27(22)4)26-24(28)32-13-20(29)25-16-8-7-14(2)15(3)11-16/h7-12H,6,13H2,1-5H3,(H,25,29). The van der Waals surface area contributed by atoms with Crippen LogP contribution in [-0.2, 0) is 18.4 Å².